The fourth-order valence-electron chi connectivity index (χ4n) is 3.62. The number of piperidine rings is 1. The molecule has 1 saturated carbocycles. The van der Waals surface area contributed by atoms with Gasteiger partial charge in [0.2, 0.25) is 5.95 Å². The summed E-state index contributed by atoms with van der Waals surface area (Å²) in [6.07, 6.45) is 9.65. The first-order chi connectivity index (χ1) is 12.1. The number of hydrogen-bond donors (Lipinski definition) is 2. The van der Waals surface area contributed by atoms with Gasteiger partial charge in [0.1, 0.15) is 5.82 Å². The zero-order chi connectivity index (χ0) is 17.6. The predicted molar refractivity (Wildman–Crippen MR) is 100 cm³/mol. The Morgan fingerprint density at radius 3 is 2.36 bits per heavy atom. The SMILES string of the molecule is CN(C)c1ccnc(N2CCC(NC(=O)NC3CCCCC3)CC2)n1. The van der Waals surface area contributed by atoms with Crippen LogP contribution < -0.4 is 20.4 Å². The van der Waals surface area contributed by atoms with Crippen LogP contribution in [-0.2, 0) is 0 Å². The summed E-state index contributed by atoms with van der Waals surface area (Å²) in [5.74, 6) is 1.69. The summed E-state index contributed by atoms with van der Waals surface area (Å²) in [5.41, 5.74) is 0. The molecule has 0 unspecified atom stereocenters. The molecule has 138 valence electrons. The number of amides is 2. The highest BCUT2D eigenvalue weighted by Gasteiger charge is 2.23. The molecule has 25 heavy (non-hydrogen) atoms. The second-order valence-corrected chi connectivity index (χ2v) is 7.32. The second-order valence-electron chi connectivity index (χ2n) is 7.32. The van der Waals surface area contributed by atoms with Crippen molar-refractivity contribution >= 4 is 17.8 Å². The van der Waals surface area contributed by atoms with Crippen molar-refractivity contribution in [3.8, 4) is 0 Å². The van der Waals surface area contributed by atoms with Gasteiger partial charge < -0.3 is 20.4 Å². The van der Waals surface area contributed by atoms with Crippen molar-refractivity contribution in [1.29, 1.82) is 0 Å². The van der Waals surface area contributed by atoms with Crippen LogP contribution in [-0.4, -0.2) is 55.3 Å². The highest BCUT2D eigenvalue weighted by atomic mass is 16.2. The monoisotopic (exact) mass is 346 g/mol. The van der Waals surface area contributed by atoms with Crippen LogP contribution in [0.5, 0.6) is 0 Å². The lowest BCUT2D eigenvalue weighted by atomic mass is 9.96. The molecule has 2 heterocycles. The van der Waals surface area contributed by atoms with E-state index in [1.54, 1.807) is 6.20 Å². The van der Waals surface area contributed by atoms with Gasteiger partial charge in [0.25, 0.3) is 0 Å². The average Bonchev–Trinajstić information content (AvgIpc) is 2.63. The van der Waals surface area contributed by atoms with E-state index in [-0.39, 0.29) is 12.1 Å². The van der Waals surface area contributed by atoms with Crippen molar-refractivity contribution in [2.45, 2.75) is 57.0 Å². The highest BCUT2D eigenvalue weighted by Crippen LogP contribution is 2.19. The highest BCUT2D eigenvalue weighted by molar-refractivity contribution is 5.74. The molecule has 1 saturated heterocycles. The van der Waals surface area contributed by atoms with Crippen LogP contribution >= 0.6 is 0 Å². The number of nitrogens with zero attached hydrogens (tertiary/aromatic N) is 4. The maximum atomic E-state index is 12.2. The first-order valence-corrected chi connectivity index (χ1v) is 9.44. The molecule has 1 aliphatic carbocycles. The maximum Gasteiger partial charge on any atom is 0.315 e. The first-order valence-electron chi connectivity index (χ1n) is 9.44. The average molecular weight is 346 g/mol. The summed E-state index contributed by atoms with van der Waals surface area (Å²) >= 11 is 0. The number of nitrogens with one attached hydrogen (secondary N) is 2. The number of carbonyl (C=O) groups excluding carboxylic acids is 1. The lowest BCUT2D eigenvalue weighted by molar-refractivity contribution is 0.226. The van der Waals surface area contributed by atoms with Crippen LogP contribution in [0.3, 0.4) is 0 Å². The van der Waals surface area contributed by atoms with Crippen molar-refractivity contribution < 1.29 is 4.79 Å². The standard InChI is InChI=1S/C18H30N6O/c1-23(2)16-8-11-19-17(22-16)24-12-9-15(10-13-24)21-18(25)20-14-6-4-3-5-7-14/h8,11,14-15H,3-7,9-10,12-13H2,1-2H3,(H2,20,21,25). The molecule has 3 rings (SSSR count). The van der Waals surface area contributed by atoms with Gasteiger partial charge in [-0.1, -0.05) is 19.3 Å². The number of hydrogen-bond acceptors (Lipinski definition) is 5. The van der Waals surface area contributed by atoms with E-state index in [4.69, 9.17) is 0 Å². The molecule has 1 aromatic rings. The normalized spacial score (nSPS) is 19.5. The van der Waals surface area contributed by atoms with E-state index in [1.807, 2.05) is 25.1 Å². The summed E-state index contributed by atoms with van der Waals surface area (Å²) in [6.45, 7) is 1.73. The second kappa shape index (κ2) is 8.36. The molecule has 0 radical (unpaired) electrons. The van der Waals surface area contributed by atoms with Gasteiger partial charge in [-0.25, -0.2) is 9.78 Å². The molecule has 2 N–H and O–H groups in total. The van der Waals surface area contributed by atoms with Gasteiger partial charge in [0.05, 0.1) is 0 Å². The molecule has 2 fully saturated rings. The van der Waals surface area contributed by atoms with Gasteiger partial charge in [-0.3, -0.25) is 0 Å². The number of anilines is 2. The Bertz CT molecular complexity index is 564. The van der Waals surface area contributed by atoms with E-state index in [9.17, 15) is 4.79 Å². The van der Waals surface area contributed by atoms with Gasteiger partial charge in [-0.2, -0.15) is 4.98 Å². The molecule has 0 bridgehead atoms. The van der Waals surface area contributed by atoms with Crippen molar-refractivity contribution in [3.05, 3.63) is 12.3 Å². The topological polar surface area (TPSA) is 73.4 Å². The smallest absolute Gasteiger partial charge is 0.315 e. The molecule has 2 amide bonds. The van der Waals surface area contributed by atoms with Crippen molar-refractivity contribution in [2.24, 2.45) is 0 Å². The number of carbonyl (C=O) groups is 1. The summed E-state index contributed by atoms with van der Waals surface area (Å²) < 4.78 is 0. The Morgan fingerprint density at radius 1 is 1.08 bits per heavy atom. The lowest BCUT2D eigenvalue weighted by Crippen LogP contribution is -2.50. The maximum absolute atomic E-state index is 12.2. The lowest BCUT2D eigenvalue weighted by Gasteiger charge is -2.33. The molecule has 0 aromatic carbocycles. The molecule has 1 aromatic heterocycles. The number of urea groups is 1. The van der Waals surface area contributed by atoms with Gasteiger partial charge in [-0.05, 0) is 31.7 Å². The first kappa shape index (κ1) is 17.8. The fourth-order valence-corrected chi connectivity index (χ4v) is 3.62. The Hall–Kier alpha value is -2.05. The zero-order valence-electron chi connectivity index (χ0n) is 15.4. The van der Waals surface area contributed by atoms with Gasteiger partial charge >= 0.3 is 6.03 Å². The van der Waals surface area contributed by atoms with E-state index in [2.05, 4.69) is 25.5 Å². The Labute approximate surface area is 150 Å². The van der Waals surface area contributed by atoms with E-state index in [0.29, 0.717) is 6.04 Å². The third kappa shape index (κ3) is 4.96. The Kier molecular flexibility index (Phi) is 5.94. The molecule has 0 spiro atoms. The zero-order valence-corrected chi connectivity index (χ0v) is 15.4. The van der Waals surface area contributed by atoms with Crippen molar-refractivity contribution in [3.63, 3.8) is 0 Å². The number of rotatable bonds is 4. The largest absolute Gasteiger partial charge is 0.363 e. The van der Waals surface area contributed by atoms with Crippen LogP contribution in [0.4, 0.5) is 16.6 Å². The van der Waals surface area contributed by atoms with Crippen LogP contribution in [0.2, 0.25) is 0 Å². The van der Waals surface area contributed by atoms with Crippen LogP contribution in [0.1, 0.15) is 44.9 Å². The third-order valence-electron chi connectivity index (χ3n) is 5.14. The van der Waals surface area contributed by atoms with E-state index in [0.717, 1.165) is 50.5 Å². The van der Waals surface area contributed by atoms with E-state index >= 15 is 0 Å². The molecule has 7 nitrogen and oxygen atoms in total. The minimum atomic E-state index is -0.00351. The van der Waals surface area contributed by atoms with Crippen molar-refractivity contribution in [2.75, 3.05) is 37.0 Å². The summed E-state index contributed by atoms with van der Waals surface area (Å²) in [6, 6.07) is 2.50. The van der Waals surface area contributed by atoms with Gasteiger partial charge in [0.15, 0.2) is 0 Å². The summed E-state index contributed by atoms with van der Waals surface area (Å²) in [5, 5.41) is 6.28. The minimum absolute atomic E-state index is 0.00351. The quantitative estimate of drug-likeness (QED) is 0.874. The Balaban J connectivity index is 1.45. The molecular formula is C18H30N6O. The van der Waals surface area contributed by atoms with Gasteiger partial charge in [0, 0.05) is 45.5 Å². The van der Waals surface area contributed by atoms with E-state index in [1.165, 1.54) is 19.3 Å². The molecule has 0 atom stereocenters. The van der Waals surface area contributed by atoms with Crippen LogP contribution in [0, 0.1) is 0 Å². The number of aromatic nitrogens is 2. The molecule has 1 aliphatic heterocycles. The van der Waals surface area contributed by atoms with Crippen LogP contribution in [0.25, 0.3) is 0 Å². The van der Waals surface area contributed by atoms with Crippen LogP contribution in [0.15, 0.2) is 12.3 Å². The molecule has 7 heteroatoms. The minimum Gasteiger partial charge on any atom is -0.363 e. The summed E-state index contributed by atoms with van der Waals surface area (Å²) in [4.78, 5) is 25.4. The molecular weight excluding hydrogens is 316 g/mol. The predicted octanol–water partition coefficient (Wildman–Crippen LogP) is 2.14. The fraction of sp³-hybridized carbons (Fsp3) is 0.722. The summed E-state index contributed by atoms with van der Waals surface area (Å²) in [7, 11) is 3.96. The van der Waals surface area contributed by atoms with E-state index < -0.39 is 0 Å². The third-order valence-corrected chi connectivity index (χ3v) is 5.14. The molecule has 2 aliphatic rings. The Morgan fingerprint density at radius 2 is 1.72 bits per heavy atom. The van der Waals surface area contributed by atoms with Crippen molar-refractivity contribution in [1.82, 2.24) is 20.6 Å². The van der Waals surface area contributed by atoms with Gasteiger partial charge in [-0.15, -0.1) is 0 Å².